The standard InChI is InChI=1S/C20H26N2O3S2/c1-15-11-16(2)14-22(13-15)20(23)18(12-17-7-4-3-5-8-17)21-27(24,25)19-9-6-10-26-19/h3-10,15-16,18,21H,11-14H2,1-2H3/t15-,16+,18-/m1/s1. The third-order valence-corrected chi connectivity index (χ3v) is 7.69. The summed E-state index contributed by atoms with van der Waals surface area (Å²) in [6, 6.07) is 12.0. The number of carbonyl (C=O) groups excluding carboxylic acids is 1. The molecule has 1 aromatic heterocycles. The summed E-state index contributed by atoms with van der Waals surface area (Å²) < 4.78 is 28.4. The maximum atomic E-state index is 13.2. The van der Waals surface area contributed by atoms with Crippen LogP contribution in [0.4, 0.5) is 0 Å². The molecule has 1 aliphatic rings. The molecule has 0 unspecified atom stereocenters. The summed E-state index contributed by atoms with van der Waals surface area (Å²) in [5.41, 5.74) is 0.933. The van der Waals surface area contributed by atoms with Crippen LogP contribution in [0.15, 0.2) is 52.1 Å². The number of carbonyl (C=O) groups is 1. The molecule has 1 amide bonds. The van der Waals surface area contributed by atoms with Crippen LogP contribution in [0.2, 0.25) is 0 Å². The number of nitrogens with zero attached hydrogens (tertiary/aromatic N) is 1. The highest BCUT2D eigenvalue weighted by Gasteiger charge is 2.33. The average Bonchev–Trinajstić information content (AvgIpc) is 3.16. The molecule has 0 radical (unpaired) electrons. The smallest absolute Gasteiger partial charge is 0.250 e. The molecular formula is C20H26N2O3S2. The van der Waals surface area contributed by atoms with Crippen LogP contribution in [0.1, 0.15) is 25.8 Å². The monoisotopic (exact) mass is 406 g/mol. The van der Waals surface area contributed by atoms with E-state index in [1.165, 1.54) is 0 Å². The minimum Gasteiger partial charge on any atom is -0.341 e. The number of benzene rings is 1. The first-order chi connectivity index (χ1) is 12.8. The van der Waals surface area contributed by atoms with Crippen molar-refractivity contribution in [2.24, 2.45) is 11.8 Å². The summed E-state index contributed by atoms with van der Waals surface area (Å²) in [6.07, 6.45) is 1.43. The van der Waals surface area contributed by atoms with Gasteiger partial charge in [0.1, 0.15) is 10.3 Å². The van der Waals surface area contributed by atoms with E-state index in [-0.39, 0.29) is 10.1 Å². The highest BCUT2D eigenvalue weighted by molar-refractivity contribution is 7.91. The number of piperidine rings is 1. The maximum Gasteiger partial charge on any atom is 0.250 e. The van der Waals surface area contributed by atoms with E-state index in [4.69, 9.17) is 0 Å². The van der Waals surface area contributed by atoms with Crippen molar-refractivity contribution in [3.8, 4) is 0 Å². The molecule has 1 N–H and O–H groups in total. The van der Waals surface area contributed by atoms with Gasteiger partial charge in [0.15, 0.2) is 0 Å². The number of likely N-dealkylation sites (tertiary alicyclic amines) is 1. The normalized spacial score (nSPS) is 21.8. The van der Waals surface area contributed by atoms with E-state index in [0.717, 1.165) is 23.3 Å². The zero-order valence-corrected chi connectivity index (χ0v) is 17.3. The molecule has 1 fully saturated rings. The Morgan fingerprint density at radius 1 is 1.15 bits per heavy atom. The van der Waals surface area contributed by atoms with Crippen molar-refractivity contribution >= 4 is 27.3 Å². The van der Waals surface area contributed by atoms with Crippen molar-refractivity contribution in [1.82, 2.24) is 9.62 Å². The minimum atomic E-state index is -3.73. The van der Waals surface area contributed by atoms with Crippen molar-refractivity contribution in [3.63, 3.8) is 0 Å². The van der Waals surface area contributed by atoms with Gasteiger partial charge in [0.2, 0.25) is 5.91 Å². The molecule has 2 heterocycles. The zero-order chi connectivity index (χ0) is 19.4. The molecule has 7 heteroatoms. The van der Waals surface area contributed by atoms with Crippen molar-refractivity contribution in [3.05, 3.63) is 53.4 Å². The fourth-order valence-electron chi connectivity index (χ4n) is 3.75. The van der Waals surface area contributed by atoms with E-state index in [9.17, 15) is 13.2 Å². The van der Waals surface area contributed by atoms with Crippen LogP contribution >= 0.6 is 11.3 Å². The summed E-state index contributed by atoms with van der Waals surface area (Å²) >= 11 is 1.15. The predicted molar refractivity (Wildman–Crippen MR) is 108 cm³/mol. The van der Waals surface area contributed by atoms with E-state index in [2.05, 4.69) is 18.6 Å². The van der Waals surface area contributed by atoms with Gasteiger partial charge >= 0.3 is 0 Å². The lowest BCUT2D eigenvalue weighted by molar-refractivity contribution is -0.135. The van der Waals surface area contributed by atoms with E-state index >= 15 is 0 Å². The van der Waals surface area contributed by atoms with Gasteiger partial charge in [-0.25, -0.2) is 8.42 Å². The topological polar surface area (TPSA) is 66.5 Å². The second-order valence-electron chi connectivity index (χ2n) is 7.48. The molecule has 2 aromatic rings. The molecule has 5 nitrogen and oxygen atoms in total. The SMILES string of the molecule is C[C@@H]1C[C@H](C)CN(C(=O)[C@@H](Cc2ccccc2)NS(=O)(=O)c2cccs2)C1. The Morgan fingerprint density at radius 2 is 1.81 bits per heavy atom. The van der Waals surface area contributed by atoms with Crippen LogP contribution in [-0.2, 0) is 21.2 Å². The highest BCUT2D eigenvalue weighted by atomic mass is 32.2. The van der Waals surface area contributed by atoms with Crippen molar-refractivity contribution < 1.29 is 13.2 Å². The second-order valence-corrected chi connectivity index (χ2v) is 10.4. The van der Waals surface area contributed by atoms with Gasteiger partial charge in [0, 0.05) is 13.1 Å². The fraction of sp³-hybridized carbons (Fsp3) is 0.450. The van der Waals surface area contributed by atoms with Crippen molar-refractivity contribution in [2.75, 3.05) is 13.1 Å². The van der Waals surface area contributed by atoms with Gasteiger partial charge in [0.05, 0.1) is 0 Å². The molecule has 27 heavy (non-hydrogen) atoms. The maximum absolute atomic E-state index is 13.2. The van der Waals surface area contributed by atoms with E-state index in [0.29, 0.717) is 31.3 Å². The summed E-state index contributed by atoms with van der Waals surface area (Å²) in [7, 11) is -3.73. The van der Waals surface area contributed by atoms with Crippen LogP contribution in [-0.4, -0.2) is 38.4 Å². The summed E-state index contributed by atoms with van der Waals surface area (Å²) in [5.74, 6) is 0.699. The Labute approximate surface area is 165 Å². The first-order valence-electron chi connectivity index (χ1n) is 9.23. The van der Waals surface area contributed by atoms with Crippen molar-refractivity contribution in [2.45, 2.75) is 36.9 Å². The summed E-state index contributed by atoms with van der Waals surface area (Å²) in [5, 5.41) is 1.72. The predicted octanol–water partition coefficient (Wildman–Crippen LogP) is 3.14. The molecule has 0 aliphatic carbocycles. The number of nitrogens with one attached hydrogen (secondary N) is 1. The van der Waals surface area contributed by atoms with Gasteiger partial charge in [-0.2, -0.15) is 4.72 Å². The second kappa shape index (κ2) is 8.54. The Morgan fingerprint density at radius 3 is 2.41 bits per heavy atom. The molecular weight excluding hydrogens is 380 g/mol. The number of hydrogen-bond donors (Lipinski definition) is 1. The average molecular weight is 407 g/mol. The highest BCUT2D eigenvalue weighted by Crippen LogP contribution is 2.23. The summed E-state index contributed by atoms with van der Waals surface area (Å²) in [6.45, 7) is 5.63. The molecule has 1 aliphatic heterocycles. The van der Waals surface area contributed by atoms with Gasteiger partial charge < -0.3 is 4.90 Å². The number of rotatable bonds is 6. The molecule has 0 spiro atoms. The third kappa shape index (κ3) is 5.18. The van der Waals surface area contributed by atoms with Crippen LogP contribution in [0.3, 0.4) is 0 Å². The first kappa shape index (κ1) is 20.0. The Bertz CT molecular complexity index is 841. The van der Waals surface area contributed by atoms with Gasteiger partial charge in [-0.15, -0.1) is 11.3 Å². The Hall–Kier alpha value is -1.70. The molecule has 146 valence electrons. The molecule has 3 rings (SSSR count). The lowest BCUT2D eigenvalue weighted by Crippen LogP contribution is -2.53. The van der Waals surface area contributed by atoms with Crippen molar-refractivity contribution in [1.29, 1.82) is 0 Å². The van der Waals surface area contributed by atoms with Gasteiger partial charge in [-0.3, -0.25) is 4.79 Å². The van der Waals surface area contributed by atoms with Crippen LogP contribution < -0.4 is 4.72 Å². The van der Waals surface area contributed by atoms with Gasteiger partial charge in [0.25, 0.3) is 10.0 Å². The first-order valence-corrected chi connectivity index (χ1v) is 11.6. The van der Waals surface area contributed by atoms with Crippen LogP contribution in [0.5, 0.6) is 0 Å². The Balaban J connectivity index is 1.84. The summed E-state index contributed by atoms with van der Waals surface area (Å²) in [4.78, 5) is 15.1. The van der Waals surface area contributed by atoms with Gasteiger partial charge in [-0.1, -0.05) is 50.2 Å². The Kier molecular flexibility index (Phi) is 6.34. The van der Waals surface area contributed by atoms with Gasteiger partial charge in [-0.05, 0) is 41.7 Å². The number of sulfonamides is 1. The minimum absolute atomic E-state index is 0.141. The number of thiophene rings is 1. The molecule has 1 saturated heterocycles. The number of amides is 1. The van der Waals surface area contributed by atoms with Crippen LogP contribution in [0, 0.1) is 11.8 Å². The largest absolute Gasteiger partial charge is 0.341 e. The van der Waals surface area contributed by atoms with Crippen LogP contribution in [0.25, 0.3) is 0 Å². The number of hydrogen-bond acceptors (Lipinski definition) is 4. The van der Waals surface area contributed by atoms with E-state index in [1.54, 1.807) is 17.5 Å². The third-order valence-electron chi connectivity index (χ3n) is 4.82. The van der Waals surface area contributed by atoms with E-state index < -0.39 is 16.1 Å². The quantitative estimate of drug-likeness (QED) is 0.801. The molecule has 0 bridgehead atoms. The molecule has 3 atom stereocenters. The lowest BCUT2D eigenvalue weighted by atomic mass is 9.91. The molecule has 1 aromatic carbocycles. The lowest BCUT2D eigenvalue weighted by Gasteiger charge is -2.37. The van der Waals surface area contributed by atoms with E-state index in [1.807, 2.05) is 35.2 Å². The zero-order valence-electron chi connectivity index (χ0n) is 15.7. The fourth-order valence-corrected chi connectivity index (χ4v) is 5.95. The molecule has 0 saturated carbocycles.